The van der Waals surface area contributed by atoms with E-state index in [1.165, 1.54) is 0 Å². The summed E-state index contributed by atoms with van der Waals surface area (Å²) in [4.78, 5) is 29.8. The van der Waals surface area contributed by atoms with Crippen LogP contribution >= 0.6 is 0 Å². The van der Waals surface area contributed by atoms with Gasteiger partial charge < -0.3 is 29.9 Å². The van der Waals surface area contributed by atoms with Gasteiger partial charge in [0.2, 0.25) is 5.91 Å². The van der Waals surface area contributed by atoms with E-state index >= 15 is 0 Å². The number of amides is 1. The normalized spacial score (nSPS) is 17.7. The van der Waals surface area contributed by atoms with Gasteiger partial charge in [0.25, 0.3) is 0 Å². The van der Waals surface area contributed by atoms with Crippen molar-refractivity contribution in [1.29, 1.82) is 0 Å². The maximum Gasteiger partial charge on any atom is 0.303 e. The van der Waals surface area contributed by atoms with Crippen molar-refractivity contribution in [3.63, 3.8) is 0 Å². The molecular weight excluding hydrogens is 606 g/mol. The lowest BCUT2D eigenvalue weighted by atomic mass is 9.97. The van der Waals surface area contributed by atoms with E-state index in [1.54, 1.807) is 0 Å². The molecule has 1 saturated heterocycles. The number of carbonyl (C=O) groups is 2. The van der Waals surface area contributed by atoms with Crippen LogP contribution in [-0.2, 0) is 38.6 Å². The highest BCUT2D eigenvalue weighted by atomic mass is 16.7. The number of carboxylic acid groups (broad SMARTS) is 1. The number of carboxylic acids is 1. The predicted octanol–water partition coefficient (Wildman–Crippen LogP) is 6.22. The Hall–Kier alpha value is -4.41. The molecule has 3 N–H and O–H groups in total. The van der Waals surface area contributed by atoms with Crippen molar-refractivity contribution in [2.24, 2.45) is 0 Å². The molecule has 3 atom stereocenters. The standard InChI is InChI=1S/C39H45N3O6/c1-42(23-21-33-9-6-7-22-40-33)26-34-24-36(30-15-13-28(27-43)14-16-30)48-39(47-34)31-19-17-29(18-20-31)35-10-3-2-8-32(35)25-41-37(44)11-4-5-12-38(45)46/h2-3,6-10,13-20,22,34,36,39,43H,4-5,11-12,21,23-27H2,1H3,(H,41,44)(H,45,46). The molecule has 48 heavy (non-hydrogen) atoms. The number of pyridine rings is 1. The Balaban J connectivity index is 1.26. The quantitative estimate of drug-likeness (QED) is 0.122. The van der Waals surface area contributed by atoms with Crippen molar-refractivity contribution in [2.75, 3.05) is 20.1 Å². The molecule has 252 valence electrons. The second-order valence-corrected chi connectivity index (χ2v) is 12.3. The monoisotopic (exact) mass is 651 g/mol. The van der Waals surface area contributed by atoms with Crippen LogP contribution < -0.4 is 5.32 Å². The Kier molecular flexibility index (Phi) is 12.8. The van der Waals surface area contributed by atoms with Gasteiger partial charge in [-0.1, -0.05) is 78.9 Å². The van der Waals surface area contributed by atoms with E-state index < -0.39 is 12.3 Å². The van der Waals surface area contributed by atoms with Gasteiger partial charge in [-0.15, -0.1) is 0 Å². The van der Waals surface area contributed by atoms with Crippen LogP contribution in [0.15, 0.2) is 97.2 Å². The zero-order valence-electron chi connectivity index (χ0n) is 27.5. The van der Waals surface area contributed by atoms with Crippen molar-refractivity contribution in [3.8, 4) is 11.1 Å². The summed E-state index contributed by atoms with van der Waals surface area (Å²) in [6.07, 6.45) is 4.02. The summed E-state index contributed by atoms with van der Waals surface area (Å²) in [5.74, 6) is -0.931. The Morgan fingerprint density at radius 2 is 1.62 bits per heavy atom. The molecule has 1 aliphatic rings. The molecule has 1 amide bonds. The molecule has 0 saturated carbocycles. The number of aliphatic hydroxyl groups is 1. The number of aliphatic carboxylic acids is 1. The lowest BCUT2D eigenvalue weighted by Crippen LogP contribution is -2.38. The number of nitrogens with zero attached hydrogens (tertiary/aromatic N) is 2. The Labute approximate surface area is 282 Å². The summed E-state index contributed by atoms with van der Waals surface area (Å²) in [6, 6.07) is 30.1. The van der Waals surface area contributed by atoms with Gasteiger partial charge in [0.15, 0.2) is 6.29 Å². The van der Waals surface area contributed by atoms with Gasteiger partial charge in [0, 0.05) is 62.8 Å². The molecule has 5 rings (SSSR count). The van der Waals surface area contributed by atoms with Crippen molar-refractivity contribution < 1.29 is 29.3 Å². The summed E-state index contributed by atoms with van der Waals surface area (Å²) in [6.45, 7) is 1.99. The van der Waals surface area contributed by atoms with E-state index in [-0.39, 0.29) is 31.1 Å². The summed E-state index contributed by atoms with van der Waals surface area (Å²) < 4.78 is 13.1. The number of aromatic nitrogens is 1. The van der Waals surface area contributed by atoms with E-state index in [0.29, 0.717) is 32.2 Å². The highest BCUT2D eigenvalue weighted by Crippen LogP contribution is 2.38. The molecule has 9 nitrogen and oxygen atoms in total. The fourth-order valence-electron chi connectivity index (χ4n) is 5.94. The molecule has 4 aromatic rings. The molecule has 1 aliphatic heterocycles. The lowest BCUT2D eigenvalue weighted by molar-refractivity contribution is -0.252. The smallest absolute Gasteiger partial charge is 0.303 e. The Morgan fingerprint density at radius 3 is 2.35 bits per heavy atom. The predicted molar refractivity (Wildman–Crippen MR) is 184 cm³/mol. The molecule has 1 aromatic heterocycles. The summed E-state index contributed by atoms with van der Waals surface area (Å²) >= 11 is 0. The van der Waals surface area contributed by atoms with Gasteiger partial charge in [0.1, 0.15) is 0 Å². The van der Waals surface area contributed by atoms with Gasteiger partial charge in [-0.2, -0.15) is 0 Å². The Morgan fingerprint density at radius 1 is 0.896 bits per heavy atom. The minimum atomic E-state index is -0.842. The van der Waals surface area contributed by atoms with E-state index in [4.69, 9.17) is 14.6 Å². The number of carbonyl (C=O) groups excluding carboxylic acids is 1. The third-order valence-electron chi connectivity index (χ3n) is 8.64. The summed E-state index contributed by atoms with van der Waals surface area (Å²) in [7, 11) is 2.11. The minimum Gasteiger partial charge on any atom is -0.481 e. The van der Waals surface area contributed by atoms with Gasteiger partial charge in [0.05, 0.1) is 18.8 Å². The van der Waals surface area contributed by atoms with Crippen LogP contribution in [0.3, 0.4) is 0 Å². The van der Waals surface area contributed by atoms with Crippen LogP contribution in [0, 0.1) is 0 Å². The molecule has 2 heterocycles. The van der Waals surface area contributed by atoms with E-state index in [9.17, 15) is 14.7 Å². The van der Waals surface area contributed by atoms with E-state index in [0.717, 1.165) is 58.6 Å². The minimum absolute atomic E-state index is 0.00231. The molecular formula is C39H45N3O6. The molecule has 0 spiro atoms. The molecule has 3 aromatic carbocycles. The third-order valence-corrected chi connectivity index (χ3v) is 8.64. The summed E-state index contributed by atoms with van der Waals surface area (Å²) in [5.41, 5.74) is 6.93. The molecule has 3 unspecified atom stereocenters. The van der Waals surface area contributed by atoms with Crippen LogP contribution in [0.25, 0.3) is 11.1 Å². The van der Waals surface area contributed by atoms with Crippen molar-refractivity contribution in [1.82, 2.24) is 15.2 Å². The maximum atomic E-state index is 12.4. The molecule has 0 bridgehead atoms. The molecule has 1 fully saturated rings. The molecule has 0 radical (unpaired) electrons. The van der Waals surface area contributed by atoms with Gasteiger partial charge in [-0.05, 0) is 59.8 Å². The summed E-state index contributed by atoms with van der Waals surface area (Å²) in [5, 5.41) is 21.3. The number of likely N-dealkylation sites (N-methyl/N-ethyl adjacent to an activating group) is 1. The van der Waals surface area contributed by atoms with Crippen molar-refractivity contribution in [3.05, 3.63) is 125 Å². The first-order valence-corrected chi connectivity index (χ1v) is 16.6. The average molecular weight is 652 g/mol. The number of hydrogen-bond acceptors (Lipinski definition) is 7. The van der Waals surface area contributed by atoms with Gasteiger partial charge >= 0.3 is 5.97 Å². The van der Waals surface area contributed by atoms with Gasteiger partial charge in [-0.3, -0.25) is 14.6 Å². The highest BCUT2D eigenvalue weighted by molar-refractivity contribution is 5.76. The second-order valence-electron chi connectivity index (χ2n) is 12.3. The number of benzene rings is 3. The zero-order valence-corrected chi connectivity index (χ0v) is 27.5. The van der Waals surface area contributed by atoms with E-state index in [2.05, 4.69) is 34.4 Å². The topological polar surface area (TPSA) is 121 Å². The van der Waals surface area contributed by atoms with Crippen LogP contribution in [0.4, 0.5) is 0 Å². The fraction of sp³-hybridized carbons (Fsp3) is 0.359. The lowest BCUT2D eigenvalue weighted by Gasteiger charge is -2.38. The first-order chi connectivity index (χ1) is 23.4. The van der Waals surface area contributed by atoms with Crippen LogP contribution in [0.2, 0.25) is 0 Å². The van der Waals surface area contributed by atoms with Crippen LogP contribution in [-0.4, -0.2) is 58.2 Å². The number of unbranched alkanes of at least 4 members (excludes halogenated alkanes) is 1. The first kappa shape index (κ1) is 34.9. The third kappa shape index (κ3) is 10.3. The van der Waals surface area contributed by atoms with Crippen LogP contribution in [0.1, 0.15) is 72.4 Å². The molecule has 0 aliphatic carbocycles. The maximum absolute atomic E-state index is 12.4. The number of aliphatic hydroxyl groups excluding tert-OH is 1. The van der Waals surface area contributed by atoms with E-state index in [1.807, 2.05) is 85.1 Å². The van der Waals surface area contributed by atoms with Gasteiger partial charge in [-0.25, -0.2) is 0 Å². The largest absolute Gasteiger partial charge is 0.481 e. The number of rotatable bonds is 16. The van der Waals surface area contributed by atoms with Crippen LogP contribution in [0.5, 0.6) is 0 Å². The highest BCUT2D eigenvalue weighted by Gasteiger charge is 2.32. The average Bonchev–Trinajstić information content (AvgIpc) is 3.12. The zero-order chi connectivity index (χ0) is 33.7. The Bertz CT molecular complexity index is 1600. The number of ether oxygens (including phenoxy) is 2. The fourth-order valence-corrected chi connectivity index (χ4v) is 5.94. The second kappa shape index (κ2) is 17.7. The molecule has 9 heteroatoms. The van der Waals surface area contributed by atoms with Crippen molar-refractivity contribution in [2.45, 2.75) is 70.2 Å². The first-order valence-electron chi connectivity index (χ1n) is 16.6. The number of nitrogens with one attached hydrogen (secondary N) is 1. The number of hydrogen-bond donors (Lipinski definition) is 3. The SMILES string of the molecule is CN(CCc1ccccn1)CC1CC(c2ccc(CO)cc2)OC(c2ccc(-c3ccccc3CNC(=O)CCCCC(=O)O)cc2)O1. The van der Waals surface area contributed by atoms with Crippen molar-refractivity contribution >= 4 is 11.9 Å².